The minimum absolute atomic E-state index is 0.0178. The fraction of sp³-hybridized carbons (Fsp3) is 0.222. The molecule has 0 aromatic heterocycles. The van der Waals surface area contributed by atoms with Gasteiger partial charge in [-0.05, 0) is 57.2 Å². The Labute approximate surface area is 146 Å². The minimum atomic E-state index is -3.76. The summed E-state index contributed by atoms with van der Waals surface area (Å²) < 4.78 is 32.2. The highest BCUT2D eigenvalue weighted by atomic mass is 32.2. The molecule has 2 rings (SSSR count). The Hall–Kier alpha value is -2.67. The van der Waals surface area contributed by atoms with E-state index in [-0.39, 0.29) is 16.2 Å². The van der Waals surface area contributed by atoms with Gasteiger partial charge in [-0.25, -0.2) is 13.2 Å². The molecule has 1 atom stereocenters. The van der Waals surface area contributed by atoms with Crippen LogP contribution in [0, 0.1) is 6.92 Å². The van der Waals surface area contributed by atoms with E-state index in [0.29, 0.717) is 5.69 Å². The molecule has 0 heterocycles. The van der Waals surface area contributed by atoms with Crippen LogP contribution in [0.2, 0.25) is 0 Å². The summed E-state index contributed by atoms with van der Waals surface area (Å²) in [6, 6.07) is 12.2. The van der Waals surface area contributed by atoms with Crippen LogP contribution in [0.1, 0.15) is 29.8 Å². The average molecular weight is 361 g/mol. The van der Waals surface area contributed by atoms with E-state index in [4.69, 9.17) is 4.74 Å². The summed E-state index contributed by atoms with van der Waals surface area (Å²) in [5, 5.41) is 0. The molecule has 6 nitrogen and oxygen atoms in total. The Morgan fingerprint density at radius 2 is 1.56 bits per heavy atom. The van der Waals surface area contributed by atoms with Crippen LogP contribution in [-0.4, -0.2) is 26.3 Å². The first-order valence-electron chi connectivity index (χ1n) is 7.60. The smallest absolute Gasteiger partial charge is 0.338 e. The van der Waals surface area contributed by atoms with Crippen molar-refractivity contribution in [2.45, 2.75) is 31.8 Å². The Kier molecular flexibility index (Phi) is 5.58. The van der Waals surface area contributed by atoms with Crippen LogP contribution in [0.25, 0.3) is 0 Å². The van der Waals surface area contributed by atoms with Gasteiger partial charge in [-0.3, -0.25) is 9.52 Å². The quantitative estimate of drug-likeness (QED) is 0.799. The highest BCUT2D eigenvalue weighted by Gasteiger charge is 2.18. The number of hydrogen-bond donors (Lipinski definition) is 1. The topological polar surface area (TPSA) is 89.5 Å². The largest absolute Gasteiger partial charge is 0.451 e. The zero-order chi connectivity index (χ0) is 18.6. The maximum absolute atomic E-state index is 12.4. The monoisotopic (exact) mass is 361 g/mol. The Balaban J connectivity index is 2.14. The first kappa shape index (κ1) is 18.7. The maximum Gasteiger partial charge on any atom is 0.338 e. The number of anilines is 1. The van der Waals surface area contributed by atoms with E-state index in [9.17, 15) is 18.0 Å². The Bertz CT molecular complexity index is 871. The lowest BCUT2D eigenvalue weighted by Gasteiger charge is -2.11. The Morgan fingerprint density at radius 1 is 1.00 bits per heavy atom. The second-order valence-corrected chi connectivity index (χ2v) is 7.34. The van der Waals surface area contributed by atoms with Crippen LogP contribution < -0.4 is 4.72 Å². The van der Waals surface area contributed by atoms with Gasteiger partial charge in [0.2, 0.25) is 0 Å². The van der Waals surface area contributed by atoms with Crippen LogP contribution in [0.3, 0.4) is 0 Å². The predicted molar refractivity (Wildman–Crippen MR) is 94.0 cm³/mol. The van der Waals surface area contributed by atoms with Crippen molar-refractivity contribution in [3.63, 3.8) is 0 Å². The van der Waals surface area contributed by atoms with Crippen LogP contribution in [-0.2, 0) is 19.6 Å². The van der Waals surface area contributed by atoms with Crippen LogP contribution >= 0.6 is 0 Å². The van der Waals surface area contributed by atoms with E-state index in [1.54, 1.807) is 24.3 Å². The highest BCUT2D eigenvalue weighted by molar-refractivity contribution is 7.92. The SMILES string of the molecule is CC(=O)C(C)OC(=O)c1ccc(S(=O)(=O)Nc2ccc(C)cc2)cc1. The summed E-state index contributed by atoms with van der Waals surface area (Å²) in [6.45, 7) is 4.71. The number of rotatable bonds is 6. The molecule has 0 fully saturated rings. The summed E-state index contributed by atoms with van der Waals surface area (Å²) in [6.07, 6.45) is -0.848. The lowest BCUT2D eigenvalue weighted by molar-refractivity contribution is -0.124. The van der Waals surface area contributed by atoms with Crippen molar-refractivity contribution in [3.8, 4) is 0 Å². The third-order valence-electron chi connectivity index (χ3n) is 3.56. The van der Waals surface area contributed by atoms with Crippen molar-refractivity contribution < 1.29 is 22.7 Å². The number of ketones is 1. The first-order chi connectivity index (χ1) is 11.7. The molecule has 0 spiro atoms. The van der Waals surface area contributed by atoms with Crippen molar-refractivity contribution in [1.29, 1.82) is 0 Å². The maximum atomic E-state index is 12.4. The van der Waals surface area contributed by atoms with Crippen LogP contribution in [0.15, 0.2) is 53.4 Å². The summed E-state index contributed by atoms with van der Waals surface area (Å²) in [7, 11) is -3.76. The summed E-state index contributed by atoms with van der Waals surface area (Å²) in [5.74, 6) is -0.951. The second-order valence-electron chi connectivity index (χ2n) is 5.65. The molecule has 0 aliphatic carbocycles. The average Bonchev–Trinajstić information content (AvgIpc) is 2.56. The molecule has 0 aliphatic rings. The minimum Gasteiger partial charge on any atom is -0.451 e. The van der Waals surface area contributed by atoms with Gasteiger partial charge in [0, 0.05) is 5.69 Å². The fourth-order valence-corrected chi connectivity index (χ4v) is 2.98. The van der Waals surface area contributed by atoms with Crippen LogP contribution in [0.5, 0.6) is 0 Å². The van der Waals surface area contributed by atoms with Gasteiger partial charge in [0.05, 0.1) is 10.5 Å². The van der Waals surface area contributed by atoms with E-state index in [0.717, 1.165) is 5.56 Å². The molecule has 0 radical (unpaired) electrons. The van der Waals surface area contributed by atoms with Crippen molar-refractivity contribution in [1.82, 2.24) is 0 Å². The van der Waals surface area contributed by atoms with E-state index in [1.165, 1.54) is 38.1 Å². The lowest BCUT2D eigenvalue weighted by Crippen LogP contribution is -2.22. The third-order valence-corrected chi connectivity index (χ3v) is 4.96. The van der Waals surface area contributed by atoms with Crippen molar-refractivity contribution in [3.05, 3.63) is 59.7 Å². The summed E-state index contributed by atoms with van der Waals surface area (Å²) >= 11 is 0. The number of carbonyl (C=O) groups excluding carboxylic acids is 2. The molecule has 132 valence electrons. The Morgan fingerprint density at radius 3 is 2.08 bits per heavy atom. The van der Waals surface area contributed by atoms with E-state index < -0.39 is 22.1 Å². The molecular formula is C18H19NO5S. The van der Waals surface area contributed by atoms with Gasteiger partial charge < -0.3 is 4.74 Å². The number of esters is 1. The molecule has 2 aromatic rings. The molecule has 0 bridgehead atoms. The molecule has 0 saturated heterocycles. The van der Waals surface area contributed by atoms with Crippen molar-refractivity contribution >= 4 is 27.5 Å². The third kappa shape index (κ3) is 4.90. The number of hydrogen-bond acceptors (Lipinski definition) is 5. The van der Waals surface area contributed by atoms with Gasteiger partial charge in [-0.15, -0.1) is 0 Å². The molecule has 1 N–H and O–H groups in total. The first-order valence-corrected chi connectivity index (χ1v) is 9.08. The number of Topliss-reactive ketones (excluding diaryl/α,β-unsaturated/α-hetero) is 1. The number of nitrogens with one attached hydrogen (secondary N) is 1. The second kappa shape index (κ2) is 7.48. The number of sulfonamides is 1. The lowest BCUT2D eigenvalue weighted by atomic mass is 10.2. The van der Waals surface area contributed by atoms with Gasteiger partial charge in [0.15, 0.2) is 11.9 Å². The zero-order valence-corrected chi connectivity index (χ0v) is 15.0. The zero-order valence-electron chi connectivity index (χ0n) is 14.1. The summed E-state index contributed by atoms with van der Waals surface area (Å²) in [5.41, 5.74) is 1.64. The molecule has 0 amide bonds. The molecular weight excluding hydrogens is 342 g/mol. The van der Waals surface area contributed by atoms with Gasteiger partial charge in [0.25, 0.3) is 10.0 Å². The molecule has 2 aromatic carbocycles. The van der Waals surface area contributed by atoms with E-state index >= 15 is 0 Å². The number of carbonyl (C=O) groups is 2. The molecule has 0 saturated carbocycles. The number of benzene rings is 2. The van der Waals surface area contributed by atoms with Gasteiger partial charge >= 0.3 is 5.97 Å². The molecule has 0 aliphatic heterocycles. The molecule has 7 heteroatoms. The fourth-order valence-electron chi connectivity index (χ4n) is 1.92. The van der Waals surface area contributed by atoms with Gasteiger partial charge in [-0.2, -0.15) is 0 Å². The van der Waals surface area contributed by atoms with Gasteiger partial charge in [0.1, 0.15) is 0 Å². The number of ether oxygens (including phenoxy) is 1. The number of aryl methyl sites for hydroxylation is 1. The summed E-state index contributed by atoms with van der Waals surface area (Å²) in [4.78, 5) is 23.0. The van der Waals surface area contributed by atoms with Gasteiger partial charge in [-0.1, -0.05) is 17.7 Å². The highest BCUT2D eigenvalue weighted by Crippen LogP contribution is 2.17. The van der Waals surface area contributed by atoms with Crippen molar-refractivity contribution in [2.75, 3.05) is 4.72 Å². The normalized spacial score (nSPS) is 12.3. The molecule has 1 unspecified atom stereocenters. The van der Waals surface area contributed by atoms with Crippen molar-refractivity contribution in [2.24, 2.45) is 0 Å². The molecule has 25 heavy (non-hydrogen) atoms. The van der Waals surface area contributed by atoms with Crippen LogP contribution in [0.4, 0.5) is 5.69 Å². The van der Waals surface area contributed by atoms with E-state index in [2.05, 4.69) is 4.72 Å². The predicted octanol–water partition coefficient (Wildman–Crippen LogP) is 2.93. The standard InChI is InChI=1S/C18H19NO5S/c1-12-4-8-16(9-5-12)19-25(22,23)17-10-6-15(7-11-17)18(21)24-14(3)13(2)20/h4-11,14,19H,1-3H3. The van der Waals surface area contributed by atoms with E-state index in [1.807, 2.05) is 6.92 Å².